The Morgan fingerprint density at radius 2 is 1.90 bits per heavy atom. The highest BCUT2D eigenvalue weighted by Crippen LogP contribution is 2.25. The van der Waals surface area contributed by atoms with E-state index in [0.717, 1.165) is 28.9 Å². The summed E-state index contributed by atoms with van der Waals surface area (Å²) in [5, 5.41) is 3.44. The lowest BCUT2D eigenvalue weighted by atomic mass is 9.97. The number of nitrogens with zero attached hydrogens (tertiary/aromatic N) is 1. The Balaban J connectivity index is 2.47. The van der Waals surface area contributed by atoms with Gasteiger partial charge in [-0.1, -0.05) is 25.1 Å². The zero-order valence-corrected chi connectivity index (χ0v) is 12.5. The summed E-state index contributed by atoms with van der Waals surface area (Å²) in [5.74, 6) is -0.169. The Morgan fingerprint density at radius 3 is 2.50 bits per heavy atom. The molecule has 2 rings (SSSR count). The molecule has 106 valence electrons. The first-order chi connectivity index (χ1) is 9.52. The minimum absolute atomic E-state index is 0.0000926. The number of rotatable bonds is 4. The van der Waals surface area contributed by atoms with Crippen LogP contribution in [0.1, 0.15) is 40.9 Å². The third kappa shape index (κ3) is 3.05. The minimum atomic E-state index is -0.169. The van der Waals surface area contributed by atoms with Crippen molar-refractivity contribution < 1.29 is 4.39 Å². The Morgan fingerprint density at radius 1 is 1.15 bits per heavy atom. The molecule has 2 nitrogen and oxygen atoms in total. The van der Waals surface area contributed by atoms with Crippen molar-refractivity contribution in [1.29, 1.82) is 0 Å². The van der Waals surface area contributed by atoms with E-state index in [0.29, 0.717) is 5.56 Å². The van der Waals surface area contributed by atoms with E-state index in [1.807, 2.05) is 25.3 Å². The standard InChI is InChI=1S/C17H21FN2/c1-5-19-17(14-6-7-15(18)12(3)9-14)16-13(4)8-11(2)10-20-16/h6-10,17,19H,5H2,1-4H3. The van der Waals surface area contributed by atoms with Gasteiger partial charge < -0.3 is 5.32 Å². The molecule has 1 unspecified atom stereocenters. The van der Waals surface area contributed by atoms with Crippen LogP contribution in [0.3, 0.4) is 0 Å². The highest BCUT2D eigenvalue weighted by Gasteiger charge is 2.17. The molecule has 0 radical (unpaired) electrons. The Hall–Kier alpha value is -1.74. The third-order valence-electron chi connectivity index (χ3n) is 3.45. The van der Waals surface area contributed by atoms with E-state index in [2.05, 4.69) is 30.2 Å². The fraction of sp³-hybridized carbons (Fsp3) is 0.353. The van der Waals surface area contributed by atoms with Crippen LogP contribution in [0.5, 0.6) is 0 Å². The van der Waals surface area contributed by atoms with E-state index in [4.69, 9.17) is 0 Å². The number of aromatic nitrogens is 1. The van der Waals surface area contributed by atoms with Gasteiger partial charge in [-0.05, 0) is 55.6 Å². The molecule has 1 aromatic carbocycles. The van der Waals surface area contributed by atoms with Gasteiger partial charge in [-0.15, -0.1) is 0 Å². The quantitative estimate of drug-likeness (QED) is 0.914. The molecule has 2 aromatic rings. The molecule has 0 fully saturated rings. The van der Waals surface area contributed by atoms with Crippen molar-refractivity contribution in [2.45, 2.75) is 33.7 Å². The molecule has 0 saturated heterocycles. The first-order valence-electron chi connectivity index (χ1n) is 6.95. The summed E-state index contributed by atoms with van der Waals surface area (Å²) in [4.78, 5) is 4.57. The summed E-state index contributed by atoms with van der Waals surface area (Å²) in [6, 6.07) is 7.38. The predicted octanol–water partition coefficient (Wildman–Crippen LogP) is 3.84. The SMILES string of the molecule is CCNC(c1ccc(F)c(C)c1)c1ncc(C)cc1C. The maximum absolute atomic E-state index is 13.4. The molecule has 1 heterocycles. The van der Waals surface area contributed by atoms with Gasteiger partial charge in [0.15, 0.2) is 0 Å². The summed E-state index contributed by atoms with van der Waals surface area (Å²) >= 11 is 0. The smallest absolute Gasteiger partial charge is 0.126 e. The monoisotopic (exact) mass is 272 g/mol. The molecule has 0 aliphatic carbocycles. The number of aryl methyl sites for hydroxylation is 3. The number of hydrogen-bond donors (Lipinski definition) is 1. The molecule has 0 amide bonds. The van der Waals surface area contributed by atoms with Crippen LogP contribution in [-0.2, 0) is 0 Å². The number of benzene rings is 1. The lowest BCUT2D eigenvalue weighted by molar-refractivity contribution is 0.598. The van der Waals surface area contributed by atoms with Gasteiger partial charge in [-0.3, -0.25) is 4.98 Å². The Bertz CT molecular complexity index is 608. The van der Waals surface area contributed by atoms with Gasteiger partial charge in [0.05, 0.1) is 11.7 Å². The number of pyridine rings is 1. The molecule has 1 atom stereocenters. The number of nitrogens with one attached hydrogen (secondary N) is 1. The zero-order chi connectivity index (χ0) is 14.7. The van der Waals surface area contributed by atoms with Gasteiger partial charge in [0, 0.05) is 6.20 Å². The van der Waals surface area contributed by atoms with Crippen molar-refractivity contribution in [2.75, 3.05) is 6.54 Å². The van der Waals surface area contributed by atoms with Crippen molar-refractivity contribution in [3.05, 3.63) is 64.2 Å². The molecule has 0 saturated carbocycles. The van der Waals surface area contributed by atoms with E-state index in [9.17, 15) is 4.39 Å². The maximum Gasteiger partial charge on any atom is 0.126 e. The molecule has 0 bridgehead atoms. The van der Waals surface area contributed by atoms with E-state index >= 15 is 0 Å². The van der Waals surface area contributed by atoms with Crippen molar-refractivity contribution in [3.8, 4) is 0 Å². The first kappa shape index (κ1) is 14.7. The summed E-state index contributed by atoms with van der Waals surface area (Å²) in [5.41, 5.74) is 5.01. The fourth-order valence-electron chi connectivity index (χ4n) is 2.45. The highest BCUT2D eigenvalue weighted by molar-refractivity contribution is 5.36. The second-order valence-corrected chi connectivity index (χ2v) is 5.21. The van der Waals surface area contributed by atoms with Crippen molar-refractivity contribution in [1.82, 2.24) is 10.3 Å². The summed E-state index contributed by atoms with van der Waals surface area (Å²) in [6.07, 6.45) is 1.88. The summed E-state index contributed by atoms with van der Waals surface area (Å²) < 4.78 is 13.4. The van der Waals surface area contributed by atoms with Crippen LogP contribution in [0.25, 0.3) is 0 Å². The predicted molar refractivity (Wildman–Crippen MR) is 80.4 cm³/mol. The molecular formula is C17H21FN2. The van der Waals surface area contributed by atoms with Gasteiger partial charge in [-0.2, -0.15) is 0 Å². The van der Waals surface area contributed by atoms with E-state index < -0.39 is 0 Å². The molecular weight excluding hydrogens is 251 g/mol. The molecule has 1 N–H and O–H groups in total. The van der Waals surface area contributed by atoms with Crippen LogP contribution in [0, 0.1) is 26.6 Å². The van der Waals surface area contributed by atoms with Crippen LogP contribution in [-0.4, -0.2) is 11.5 Å². The largest absolute Gasteiger partial charge is 0.305 e. The van der Waals surface area contributed by atoms with Crippen molar-refractivity contribution in [2.24, 2.45) is 0 Å². The normalized spacial score (nSPS) is 12.4. The first-order valence-corrected chi connectivity index (χ1v) is 6.95. The van der Waals surface area contributed by atoms with E-state index in [1.165, 1.54) is 6.07 Å². The van der Waals surface area contributed by atoms with Gasteiger partial charge >= 0.3 is 0 Å². The Kier molecular flexibility index (Phi) is 4.50. The van der Waals surface area contributed by atoms with Gasteiger partial charge in [0.1, 0.15) is 5.82 Å². The van der Waals surface area contributed by atoms with E-state index in [1.54, 1.807) is 6.92 Å². The zero-order valence-electron chi connectivity index (χ0n) is 12.5. The molecule has 0 spiro atoms. The summed E-state index contributed by atoms with van der Waals surface area (Å²) in [7, 11) is 0. The molecule has 0 aliphatic heterocycles. The number of halogens is 1. The van der Waals surface area contributed by atoms with E-state index in [-0.39, 0.29) is 11.9 Å². The molecule has 20 heavy (non-hydrogen) atoms. The lowest BCUT2D eigenvalue weighted by Gasteiger charge is -2.20. The van der Waals surface area contributed by atoms with Crippen LogP contribution < -0.4 is 5.32 Å². The van der Waals surface area contributed by atoms with Crippen LogP contribution in [0.2, 0.25) is 0 Å². The molecule has 3 heteroatoms. The Labute approximate surface area is 120 Å². The van der Waals surface area contributed by atoms with Crippen LogP contribution in [0.15, 0.2) is 30.5 Å². The summed E-state index contributed by atoms with van der Waals surface area (Å²) in [6.45, 7) is 8.78. The average Bonchev–Trinajstić information content (AvgIpc) is 2.40. The second kappa shape index (κ2) is 6.14. The number of hydrogen-bond acceptors (Lipinski definition) is 2. The molecule has 0 aliphatic rings. The lowest BCUT2D eigenvalue weighted by Crippen LogP contribution is -2.24. The minimum Gasteiger partial charge on any atom is -0.305 e. The fourth-order valence-corrected chi connectivity index (χ4v) is 2.45. The maximum atomic E-state index is 13.4. The highest BCUT2D eigenvalue weighted by atomic mass is 19.1. The topological polar surface area (TPSA) is 24.9 Å². The average molecular weight is 272 g/mol. The second-order valence-electron chi connectivity index (χ2n) is 5.21. The third-order valence-corrected chi connectivity index (χ3v) is 3.45. The van der Waals surface area contributed by atoms with Crippen molar-refractivity contribution >= 4 is 0 Å². The van der Waals surface area contributed by atoms with Gasteiger partial charge in [0.25, 0.3) is 0 Å². The van der Waals surface area contributed by atoms with Gasteiger partial charge in [-0.25, -0.2) is 4.39 Å². The van der Waals surface area contributed by atoms with Crippen LogP contribution >= 0.6 is 0 Å². The van der Waals surface area contributed by atoms with Gasteiger partial charge in [0.2, 0.25) is 0 Å². The van der Waals surface area contributed by atoms with Crippen LogP contribution in [0.4, 0.5) is 4.39 Å². The van der Waals surface area contributed by atoms with Crippen molar-refractivity contribution in [3.63, 3.8) is 0 Å². The molecule has 1 aromatic heterocycles.